The molecule has 11 rings (SSSR count). The first-order chi connectivity index (χ1) is 35.4. The van der Waals surface area contributed by atoms with Crippen LogP contribution < -0.4 is 0 Å². The Bertz CT molecular complexity index is 3920. The summed E-state index contributed by atoms with van der Waals surface area (Å²) in [5.41, 5.74) is 9.88. The molecule has 1 radical (unpaired) electrons. The molecule has 5 aromatic heterocycles. The van der Waals surface area contributed by atoms with E-state index in [0.29, 0.717) is 55.3 Å². The third kappa shape index (κ3) is 8.17. The van der Waals surface area contributed by atoms with Crippen LogP contribution in [0.25, 0.3) is 94.3 Å². The number of furan rings is 1. The molecule has 0 atom stereocenters. The van der Waals surface area contributed by atoms with E-state index in [0.717, 1.165) is 39.2 Å². The van der Waals surface area contributed by atoms with E-state index in [1.165, 1.54) is 24.1 Å². The minimum absolute atomic E-state index is 0. The number of rotatable bonds is 6. The topological polar surface area (TPSA) is 82.8 Å². The quantitative estimate of drug-likeness (QED) is 0.154. The fourth-order valence-electron chi connectivity index (χ4n) is 8.83. The minimum Gasteiger partial charge on any atom is -0.498 e. The smallest absolute Gasteiger partial charge is 0.182 e. The van der Waals surface area contributed by atoms with Crippen LogP contribution in [0, 0.1) is 32.7 Å². The fourth-order valence-corrected chi connectivity index (χ4v) is 8.83. The number of hydrogen-bond acceptors (Lipinski definition) is 6. The van der Waals surface area contributed by atoms with Gasteiger partial charge in [-0.05, 0) is 106 Å². The average molecular weight is 1070 g/mol. The van der Waals surface area contributed by atoms with E-state index in [1.54, 1.807) is 24.3 Å². The molecule has 7 nitrogen and oxygen atoms in total. The van der Waals surface area contributed by atoms with Crippen molar-refractivity contribution in [1.82, 2.24) is 24.5 Å². The maximum atomic E-state index is 8.70. The molecular weight excluding hydrogens is 1000 g/mol. The predicted molar refractivity (Wildman–Crippen MR) is 271 cm³/mol. The van der Waals surface area contributed by atoms with Gasteiger partial charge in [0.15, 0.2) is 23.1 Å². The molecule has 8 heteroatoms. The Morgan fingerprint density at radius 1 is 0.731 bits per heavy atom. The number of imidazole rings is 1. The van der Waals surface area contributed by atoms with Crippen LogP contribution in [-0.2, 0) is 25.5 Å². The summed E-state index contributed by atoms with van der Waals surface area (Å²) in [5.74, 6) is 0.169. The van der Waals surface area contributed by atoms with Crippen molar-refractivity contribution in [2.75, 3.05) is 0 Å². The Balaban J connectivity index is 0.000000355. The number of hydrogen-bond donors (Lipinski definition) is 0. The molecular formula is C59H53IrN5O2-2. The molecule has 0 aliphatic carbocycles. The third-order valence-corrected chi connectivity index (χ3v) is 12.2. The minimum atomic E-state index is -2.83. The van der Waals surface area contributed by atoms with Gasteiger partial charge in [-0.1, -0.05) is 115 Å². The molecule has 5 heterocycles. The molecule has 0 amide bonds. The molecule has 0 saturated heterocycles. The summed E-state index contributed by atoms with van der Waals surface area (Å²) in [4.78, 5) is 18.4. The van der Waals surface area contributed by atoms with Crippen LogP contribution in [0.2, 0.25) is 0 Å². The van der Waals surface area contributed by atoms with Crippen molar-refractivity contribution >= 4 is 54.8 Å². The molecule has 0 spiro atoms. The molecule has 0 unspecified atom stereocenters. The van der Waals surface area contributed by atoms with Gasteiger partial charge in [0.2, 0.25) is 0 Å². The molecule has 0 bridgehead atoms. The summed E-state index contributed by atoms with van der Waals surface area (Å²) in [6.07, 6.45) is 3.25. The normalized spacial score (nSPS) is 14.4. The molecule has 337 valence electrons. The largest absolute Gasteiger partial charge is 0.498 e. The van der Waals surface area contributed by atoms with Crippen molar-refractivity contribution in [3.05, 3.63) is 174 Å². The van der Waals surface area contributed by atoms with E-state index >= 15 is 0 Å². The zero-order valence-corrected chi connectivity index (χ0v) is 40.6. The van der Waals surface area contributed by atoms with Gasteiger partial charge < -0.3 is 18.4 Å². The summed E-state index contributed by atoms with van der Waals surface area (Å²) in [5, 5.41) is 1.43. The SMILES string of the molecule is CC(C)(C)c1ccc(-c2[c-]cccc2)nc1.[2H]C([2H])([2H])c1cc2ccc3nc(-c4[c-]cc(C([2H])([2H])[2H])c5c4oc4c5ccc5ocnc54)n(-c4c(C(C)C)cc(-c5ccccc5)cc4C(C)C)c3c2c(C([2H])([2H])[2H])n1.[Ir]. The number of aromatic nitrogens is 5. The summed E-state index contributed by atoms with van der Waals surface area (Å²) >= 11 is 0. The molecule has 6 aromatic carbocycles. The number of nitrogens with zero attached hydrogens (tertiary/aromatic N) is 5. The van der Waals surface area contributed by atoms with Crippen LogP contribution in [0.3, 0.4) is 0 Å². The van der Waals surface area contributed by atoms with Gasteiger partial charge in [-0.15, -0.1) is 53.6 Å². The number of pyridine rings is 2. The van der Waals surface area contributed by atoms with Crippen LogP contribution in [0.5, 0.6) is 0 Å². The van der Waals surface area contributed by atoms with Crippen LogP contribution in [0.15, 0.2) is 137 Å². The van der Waals surface area contributed by atoms with Crippen molar-refractivity contribution < 1.29 is 41.3 Å². The summed E-state index contributed by atoms with van der Waals surface area (Å²) in [7, 11) is 0. The van der Waals surface area contributed by atoms with Gasteiger partial charge in [0.1, 0.15) is 0 Å². The Hall–Kier alpha value is -6.73. The van der Waals surface area contributed by atoms with Crippen LogP contribution in [0.4, 0.5) is 0 Å². The van der Waals surface area contributed by atoms with Crippen molar-refractivity contribution in [3.8, 4) is 39.5 Å². The second-order valence-electron chi connectivity index (χ2n) is 18.3. The number of aryl methyl sites for hydroxylation is 3. The zero-order valence-electron chi connectivity index (χ0n) is 47.2. The maximum Gasteiger partial charge on any atom is 0.182 e. The van der Waals surface area contributed by atoms with E-state index in [1.807, 2.05) is 53.2 Å². The maximum absolute atomic E-state index is 8.70. The monoisotopic (exact) mass is 1070 g/mol. The molecule has 0 fully saturated rings. The van der Waals surface area contributed by atoms with E-state index < -0.39 is 20.6 Å². The van der Waals surface area contributed by atoms with Crippen molar-refractivity contribution in [2.24, 2.45) is 0 Å². The number of fused-ring (bicyclic) bond motifs is 8. The van der Waals surface area contributed by atoms with E-state index in [4.69, 9.17) is 26.2 Å². The van der Waals surface area contributed by atoms with Gasteiger partial charge in [-0.2, -0.15) is 0 Å². The van der Waals surface area contributed by atoms with Crippen molar-refractivity contribution in [2.45, 2.75) is 86.3 Å². The summed E-state index contributed by atoms with van der Waals surface area (Å²) in [6, 6.07) is 42.6. The second kappa shape index (κ2) is 17.8. The molecule has 0 aliphatic heterocycles. The van der Waals surface area contributed by atoms with Gasteiger partial charge in [0.05, 0.1) is 22.4 Å². The average Bonchev–Trinajstić information content (AvgIpc) is 4.12. The number of oxazole rings is 1. The van der Waals surface area contributed by atoms with E-state index in [9.17, 15) is 0 Å². The first kappa shape index (κ1) is 35.5. The first-order valence-corrected chi connectivity index (χ1v) is 22.1. The molecule has 67 heavy (non-hydrogen) atoms. The predicted octanol–water partition coefficient (Wildman–Crippen LogP) is 15.8. The summed E-state index contributed by atoms with van der Waals surface area (Å²) in [6.45, 7) is 6.87. The van der Waals surface area contributed by atoms with Crippen molar-refractivity contribution in [1.29, 1.82) is 0 Å². The van der Waals surface area contributed by atoms with Gasteiger partial charge in [-0.3, -0.25) is 9.97 Å². The molecule has 11 aromatic rings. The Kier molecular flexibility index (Phi) is 9.43. The first-order valence-electron chi connectivity index (χ1n) is 26.6. The Morgan fingerprint density at radius 3 is 2.19 bits per heavy atom. The summed E-state index contributed by atoms with van der Waals surface area (Å²) < 4.78 is 90.4. The van der Waals surface area contributed by atoms with Crippen LogP contribution in [0.1, 0.15) is 106 Å². The Morgan fingerprint density at radius 2 is 1.52 bits per heavy atom. The zero-order chi connectivity index (χ0) is 53.5. The fraction of sp³-hybridized carbons (Fsp3) is 0.220. The standard InChI is InChI=1S/C44H37N4O2.C15H16N.Ir/c1-23(2)33-20-30(28-11-9-8-10-12-28)21-34(24(3)4)40(33)48-41-35(17-14-29-19-26(6)46-27(7)38(29)41)47-44(48)32-15-13-25(5)37-31-16-18-36-39(45-22-49-36)43(31)50-42(32)37;1-15(2,3)13-9-10-14(16-11-13)12-7-5-4-6-8-12;/h8-14,16-24H,1-7H3;4-7,9-11H,1-3H3;/q2*-1;/i5D3,6D3,7D3;;. The second-order valence-corrected chi connectivity index (χ2v) is 18.3. The Labute approximate surface area is 418 Å². The van der Waals surface area contributed by atoms with Gasteiger partial charge in [-0.25, -0.2) is 4.98 Å². The number of benzene rings is 6. The van der Waals surface area contributed by atoms with Crippen LogP contribution >= 0.6 is 0 Å². The third-order valence-electron chi connectivity index (χ3n) is 12.2. The van der Waals surface area contributed by atoms with Gasteiger partial charge in [0, 0.05) is 66.5 Å². The molecule has 0 N–H and O–H groups in total. The van der Waals surface area contributed by atoms with Crippen LogP contribution in [-0.4, -0.2) is 24.5 Å². The van der Waals surface area contributed by atoms with Gasteiger partial charge >= 0.3 is 0 Å². The van der Waals surface area contributed by atoms with E-state index in [2.05, 4.69) is 112 Å². The van der Waals surface area contributed by atoms with E-state index in [-0.39, 0.29) is 65.3 Å². The van der Waals surface area contributed by atoms with Gasteiger partial charge in [0.25, 0.3) is 0 Å². The molecule has 0 saturated carbocycles. The molecule has 0 aliphatic rings. The van der Waals surface area contributed by atoms with Crippen molar-refractivity contribution in [3.63, 3.8) is 0 Å².